The van der Waals surface area contributed by atoms with Gasteiger partial charge in [-0.2, -0.15) is 0 Å². The molecule has 0 radical (unpaired) electrons. The minimum atomic E-state index is -2.21. The molecular weight excluding hydrogens is 1270 g/mol. The van der Waals surface area contributed by atoms with Crippen LogP contribution in [0.2, 0.25) is 0 Å². The van der Waals surface area contributed by atoms with E-state index >= 15 is 0 Å². The third kappa shape index (κ3) is 17.5. The van der Waals surface area contributed by atoms with Crippen molar-refractivity contribution in [3.05, 3.63) is 0 Å². The average molecular weight is 1360 g/mol. The summed E-state index contributed by atoms with van der Waals surface area (Å²) in [5.41, 5.74) is 0. The molecule has 7 heterocycles. The zero-order valence-corrected chi connectivity index (χ0v) is 50.6. The number of carbonyl (C=O) groups is 5. The lowest BCUT2D eigenvalue weighted by atomic mass is 9.93. The molecule has 0 aromatic carbocycles. The van der Waals surface area contributed by atoms with Crippen molar-refractivity contribution in [3.8, 4) is 0 Å². The Hall–Kier alpha value is -3.89. The first-order valence-electron chi connectivity index (χ1n) is 29.6. The molecule has 93 heavy (non-hydrogen) atoms. The maximum absolute atomic E-state index is 13.0. The quantitative estimate of drug-likeness (QED) is 0.0427. The highest BCUT2D eigenvalue weighted by atomic mass is 16.8. The van der Waals surface area contributed by atoms with Crippen LogP contribution in [0.25, 0.3) is 0 Å². The summed E-state index contributed by atoms with van der Waals surface area (Å²) in [6.07, 6.45) is -56.6. The van der Waals surface area contributed by atoms with E-state index < -0.39 is 290 Å². The fraction of sp³-hybridized carbons (Fsp3) is 0.904. The Bertz CT molecular complexity index is 2430. The normalized spacial score (nSPS) is 46.4. The largest absolute Gasteiger partial charge is 0.394 e. The van der Waals surface area contributed by atoms with Gasteiger partial charge in [0.25, 0.3) is 0 Å². The minimum absolute atomic E-state index is 0.739. The minimum Gasteiger partial charge on any atom is -0.394 e. The van der Waals surface area contributed by atoms with Crippen molar-refractivity contribution in [1.29, 1.82) is 0 Å². The van der Waals surface area contributed by atoms with Crippen LogP contribution in [0.3, 0.4) is 0 Å². The van der Waals surface area contributed by atoms with Gasteiger partial charge in [-0.1, -0.05) is 0 Å². The molecule has 0 aliphatic carbocycles. The molecule has 0 spiro atoms. The molecule has 0 aromatic rings. The van der Waals surface area contributed by atoms with Gasteiger partial charge in [0.1, 0.15) is 171 Å². The molecule has 5 amide bonds. The van der Waals surface area contributed by atoms with Gasteiger partial charge in [0, 0.05) is 34.6 Å². The van der Waals surface area contributed by atoms with Crippen LogP contribution in [0.4, 0.5) is 0 Å². The Kier molecular flexibility index (Phi) is 27.6. The van der Waals surface area contributed by atoms with Gasteiger partial charge < -0.3 is 180 Å². The summed E-state index contributed by atoms with van der Waals surface area (Å²) in [7, 11) is 0. The topological polar surface area (TPSA) is 630 Å². The van der Waals surface area contributed by atoms with Gasteiger partial charge in [0.2, 0.25) is 29.5 Å². The molecule has 7 saturated heterocycles. The van der Waals surface area contributed by atoms with Crippen LogP contribution >= 0.6 is 0 Å². The first-order valence-corrected chi connectivity index (χ1v) is 29.6. The fourth-order valence-electron chi connectivity index (χ4n) is 11.9. The van der Waals surface area contributed by atoms with E-state index in [0.717, 1.165) is 34.6 Å². The third-order valence-corrected chi connectivity index (χ3v) is 16.5. The fourth-order valence-corrected chi connectivity index (χ4v) is 11.9. The lowest BCUT2D eigenvalue weighted by Gasteiger charge is -2.50. The molecule has 0 bridgehead atoms. The highest BCUT2D eigenvalue weighted by molar-refractivity contribution is 5.75. The zero-order valence-electron chi connectivity index (χ0n) is 50.6. The summed E-state index contributed by atoms with van der Waals surface area (Å²) < 4.78 is 76.0. The third-order valence-electron chi connectivity index (χ3n) is 16.5. The van der Waals surface area contributed by atoms with Crippen molar-refractivity contribution in [2.24, 2.45) is 0 Å². The number of aliphatic hydroxyl groups is 18. The molecule has 41 nitrogen and oxygen atoms in total. The summed E-state index contributed by atoms with van der Waals surface area (Å²) in [6, 6.07) is -8.41. The summed E-state index contributed by atoms with van der Waals surface area (Å²) in [5, 5.41) is 209. The summed E-state index contributed by atoms with van der Waals surface area (Å²) >= 11 is 0. The van der Waals surface area contributed by atoms with Crippen molar-refractivity contribution in [1.82, 2.24) is 26.6 Å². The highest BCUT2D eigenvalue weighted by Gasteiger charge is 2.59. The molecule has 0 aromatic heterocycles. The second-order valence-electron chi connectivity index (χ2n) is 23.3. The van der Waals surface area contributed by atoms with Crippen LogP contribution in [-0.2, 0) is 85.6 Å². The molecular formula is C52H87N5O36. The second-order valence-corrected chi connectivity index (χ2v) is 23.3. The Morgan fingerprint density at radius 3 is 0.957 bits per heavy atom. The smallest absolute Gasteiger partial charge is 0.217 e. The maximum Gasteiger partial charge on any atom is 0.217 e. The van der Waals surface area contributed by atoms with Gasteiger partial charge in [-0.15, -0.1) is 0 Å². The molecule has 41 heteroatoms. The second kappa shape index (κ2) is 33.6. The van der Waals surface area contributed by atoms with Gasteiger partial charge in [-0.05, 0) is 0 Å². The van der Waals surface area contributed by atoms with Crippen LogP contribution in [-0.4, -0.2) is 382 Å². The van der Waals surface area contributed by atoms with E-state index in [0.29, 0.717) is 0 Å². The maximum atomic E-state index is 13.0. The van der Waals surface area contributed by atoms with E-state index in [-0.39, 0.29) is 0 Å². The number of aliphatic hydroxyl groups excluding tert-OH is 18. The molecule has 7 rings (SSSR count). The lowest BCUT2D eigenvalue weighted by Crippen LogP contribution is -2.71. The van der Waals surface area contributed by atoms with Gasteiger partial charge >= 0.3 is 0 Å². The van der Waals surface area contributed by atoms with E-state index in [4.69, 9.17) is 61.6 Å². The Balaban J connectivity index is 1.07. The predicted molar refractivity (Wildman–Crippen MR) is 290 cm³/mol. The zero-order chi connectivity index (χ0) is 68.8. The molecule has 7 fully saturated rings. The van der Waals surface area contributed by atoms with E-state index in [1.54, 1.807) is 0 Å². The molecule has 35 atom stereocenters. The number of ether oxygens (including phenoxy) is 13. The summed E-state index contributed by atoms with van der Waals surface area (Å²) in [4.78, 5) is 62.4. The predicted octanol–water partition coefficient (Wildman–Crippen LogP) is -15.6. The molecule has 7 aliphatic heterocycles. The molecule has 7 aliphatic rings. The number of hydrogen-bond acceptors (Lipinski definition) is 36. The standard InChI is InChI=1S/C52H87N5O36/c1-13(64)53-25-34(73)30(69)18(6-58)84-48(25)89-42-22(10-62)87-51(39(78)37(42)76)91-41-21(9-61)86-50(27(36(41)75)55-15(3)66)92-45-29(57-17(5)68)47(83-20(8-60)32(45)71)81-12-24-33(72)44(28(46(80)82-24)56-16(4)67)93-52-40(79)38(77)43(23(11-63)88-52)90-49-26(54-14(2)65)35(74)31(70)19(7-59)85-49/h18-52,58-63,69-80H,6-12H2,1-5H3,(H,53,64)(H,54,65)(H,55,66)(H,56,67)(H,57,68)/t18-,19-,20-,21-,22-,23-,24-,25-,26-,27-,28-,29-,30-,31-,32-,33+,34-,35-,36-,37-,38-,39-,40-,41-,42+,43+,44-,45-,46+,47-,48-,49-,50+,51+,52+/m1/s1. The highest BCUT2D eigenvalue weighted by Crippen LogP contribution is 2.37. The number of hydrogen-bond donors (Lipinski definition) is 23. The Morgan fingerprint density at radius 2 is 0.559 bits per heavy atom. The number of nitrogens with one attached hydrogen (secondary N) is 5. The Labute approximate surface area is 528 Å². The van der Waals surface area contributed by atoms with Crippen molar-refractivity contribution in [2.45, 2.75) is 249 Å². The van der Waals surface area contributed by atoms with Crippen molar-refractivity contribution in [3.63, 3.8) is 0 Å². The van der Waals surface area contributed by atoms with Crippen molar-refractivity contribution >= 4 is 29.5 Å². The lowest BCUT2D eigenvalue weighted by molar-refractivity contribution is -0.374. The molecule has 23 N–H and O–H groups in total. The van der Waals surface area contributed by atoms with E-state index in [1.165, 1.54) is 0 Å². The van der Waals surface area contributed by atoms with Crippen LogP contribution in [0.1, 0.15) is 34.6 Å². The van der Waals surface area contributed by atoms with Crippen LogP contribution in [0, 0.1) is 0 Å². The summed E-state index contributed by atoms with van der Waals surface area (Å²) in [6.45, 7) is -1.67. The van der Waals surface area contributed by atoms with Gasteiger partial charge in [-0.3, -0.25) is 24.0 Å². The SMILES string of the molecule is CC(=O)N[C@@H]1[C@@H](O[C@@H]2O[C@H](CO)[C@H](O[C@H]3O[C@H](CO)[C@@H](O)[C@H](O)[C@H]3NC(C)=O)[C@H](O)[C@H]2O)[C@@H](O)[C@@H](CO[C@@H]2O[C@H](CO)[C@@H](O)[C@H](O[C@@H]3O[C@H](CO)[C@@H](O[C@@H]4O[C@H](CO)[C@H](O[C@H]5O[C@H](CO)[C@@H](O)[C@H](O)[C@H]5NC(C)=O)[C@H](O)[C@H]4O)[C@H](O)[C@H]3NC(C)=O)[C@H]2NC(C)=O)O[C@@H]1O. The number of carbonyl (C=O) groups excluding carboxylic acids is 5. The molecule has 536 valence electrons. The van der Waals surface area contributed by atoms with Crippen LogP contribution < -0.4 is 26.6 Å². The van der Waals surface area contributed by atoms with Crippen molar-refractivity contribution < 1.29 is 177 Å². The molecule has 0 saturated carbocycles. The first kappa shape index (κ1) is 76.5. The molecule has 0 unspecified atom stereocenters. The van der Waals surface area contributed by atoms with Crippen molar-refractivity contribution in [2.75, 3.05) is 46.2 Å². The van der Waals surface area contributed by atoms with E-state index in [2.05, 4.69) is 26.6 Å². The van der Waals surface area contributed by atoms with E-state index in [9.17, 15) is 116 Å². The van der Waals surface area contributed by atoms with Gasteiger partial charge in [-0.25, -0.2) is 0 Å². The van der Waals surface area contributed by atoms with Crippen LogP contribution in [0.5, 0.6) is 0 Å². The van der Waals surface area contributed by atoms with E-state index in [1.807, 2.05) is 0 Å². The summed E-state index contributed by atoms with van der Waals surface area (Å²) in [5.74, 6) is -4.05. The monoisotopic (exact) mass is 1360 g/mol. The van der Waals surface area contributed by atoms with Gasteiger partial charge in [0.05, 0.1) is 46.2 Å². The number of amides is 5. The number of rotatable bonds is 24. The van der Waals surface area contributed by atoms with Crippen LogP contribution in [0.15, 0.2) is 0 Å². The first-order chi connectivity index (χ1) is 43.9. The average Bonchev–Trinajstić information content (AvgIpc) is 0.813. The Morgan fingerprint density at radius 1 is 0.280 bits per heavy atom. The van der Waals surface area contributed by atoms with Gasteiger partial charge in [0.15, 0.2) is 44.0 Å².